The highest BCUT2D eigenvalue weighted by Crippen LogP contribution is 2.11. The van der Waals surface area contributed by atoms with Gasteiger partial charge in [0.1, 0.15) is 5.54 Å². The molecule has 0 amide bonds. The Hall–Kier alpha value is -0.610. The Morgan fingerprint density at radius 1 is 1.53 bits per heavy atom. The van der Waals surface area contributed by atoms with E-state index in [0.717, 1.165) is 6.42 Å². The SMILES string of the molecule is CCCNC(C)(CCOC(C)C)C(=O)O. The van der Waals surface area contributed by atoms with Gasteiger partial charge in [0.15, 0.2) is 0 Å². The Balaban J connectivity index is 4.07. The first-order valence-electron chi connectivity index (χ1n) is 5.52. The second-order valence-electron chi connectivity index (χ2n) is 4.23. The highest BCUT2D eigenvalue weighted by atomic mass is 16.5. The average molecular weight is 217 g/mol. The van der Waals surface area contributed by atoms with Gasteiger partial charge >= 0.3 is 5.97 Å². The molecule has 1 atom stereocenters. The highest BCUT2D eigenvalue weighted by Gasteiger charge is 2.31. The summed E-state index contributed by atoms with van der Waals surface area (Å²) in [5, 5.41) is 12.1. The molecule has 1 unspecified atom stereocenters. The Kier molecular flexibility index (Phi) is 6.52. The van der Waals surface area contributed by atoms with Crippen molar-refractivity contribution in [3.05, 3.63) is 0 Å². The normalized spacial score (nSPS) is 15.3. The second kappa shape index (κ2) is 6.80. The van der Waals surface area contributed by atoms with Crippen molar-refractivity contribution in [3.63, 3.8) is 0 Å². The van der Waals surface area contributed by atoms with Gasteiger partial charge in [0, 0.05) is 6.61 Å². The molecular formula is C11H23NO3. The van der Waals surface area contributed by atoms with Crippen molar-refractivity contribution >= 4 is 5.97 Å². The quantitative estimate of drug-likeness (QED) is 0.649. The molecular weight excluding hydrogens is 194 g/mol. The summed E-state index contributed by atoms with van der Waals surface area (Å²) in [5.74, 6) is -0.816. The first kappa shape index (κ1) is 14.4. The Morgan fingerprint density at radius 2 is 2.13 bits per heavy atom. The van der Waals surface area contributed by atoms with Gasteiger partial charge in [-0.2, -0.15) is 0 Å². The maximum Gasteiger partial charge on any atom is 0.323 e. The fourth-order valence-corrected chi connectivity index (χ4v) is 1.17. The maximum atomic E-state index is 11.1. The van der Waals surface area contributed by atoms with Crippen LogP contribution in [-0.2, 0) is 9.53 Å². The Labute approximate surface area is 92.0 Å². The Morgan fingerprint density at radius 3 is 2.53 bits per heavy atom. The van der Waals surface area contributed by atoms with E-state index in [1.807, 2.05) is 20.8 Å². The molecule has 90 valence electrons. The summed E-state index contributed by atoms with van der Waals surface area (Å²) in [4.78, 5) is 11.1. The molecule has 0 saturated heterocycles. The lowest BCUT2D eigenvalue weighted by Crippen LogP contribution is -2.50. The predicted octanol–water partition coefficient (Wildman–Crippen LogP) is 1.64. The molecule has 0 aliphatic carbocycles. The van der Waals surface area contributed by atoms with E-state index < -0.39 is 11.5 Å². The van der Waals surface area contributed by atoms with Gasteiger partial charge < -0.3 is 15.2 Å². The fourth-order valence-electron chi connectivity index (χ4n) is 1.17. The van der Waals surface area contributed by atoms with Gasteiger partial charge in [-0.3, -0.25) is 4.79 Å². The van der Waals surface area contributed by atoms with Crippen molar-refractivity contribution in [1.82, 2.24) is 5.32 Å². The molecule has 0 aromatic rings. The number of hydrogen-bond donors (Lipinski definition) is 2. The van der Waals surface area contributed by atoms with Crippen LogP contribution in [0.15, 0.2) is 0 Å². The van der Waals surface area contributed by atoms with Crippen LogP contribution < -0.4 is 5.32 Å². The van der Waals surface area contributed by atoms with Gasteiger partial charge in [0.2, 0.25) is 0 Å². The minimum Gasteiger partial charge on any atom is -0.480 e. The van der Waals surface area contributed by atoms with E-state index in [1.165, 1.54) is 0 Å². The molecule has 0 heterocycles. The fraction of sp³-hybridized carbons (Fsp3) is 0.909. The minimum atomic E-state index is -0.870. The molecule has 0 spiro atoms. The van der Waals surface area contributed by atoms with E-state index in [2.05, 4.69) is 5.32 Å². The minimum absolute atomic E-state index is 0.147. The third-order valence-corrected chi connectivity index (χ3v) is 2.29. The number of aliphatic carboxylic acids is 1. The van der Waals surface area contributed by atoms with Gasteiger partial charge in [-0.15, -0.1) is 0 Å². The average Bonchev–Trinajstić information content (AvgIpc) is 2.14. The largest absolute Gasteiger partial charge is 0.480 e. The van der Waals surface area contributed by atoms with Gasteiger partial charge in [0.25, 0.3) is 0 Å². The van der Waals surface area contributed by atoms with E-state index in [1.54, 1.807) is 6.92 Å². The second-order valence-corrected chi connectivity index (χ2v) is 4.23. The predicted molar refractivity (Wildman–Crippen MR) is 60.0 cm³/mol. The molecule has 0 aliphatic heterocycles. The van der Waals surface area contributed by atoms with Crippen LogP contribution in [0.2, 0.25) is 0 Å². The molecule has 0 saturated carbocycles. The lowest BCUT2D eigenvalue weighted by Gasteiger charge is -2.26. The van der Waals surface area contributed by atoms with E-state index in [0.29, 0.717) is 19.6 Å². The third kappa shape index (κ3) is 5.74. The van der Waals surface area contributed by atoms with Crippen molar-refractivity contribution < 1.29 is 14.6 Å². The molecule has 0 aromatic heterocycles. The third-order valence-electron chi connectivity index (χ3n) is 2.29. The van der Waals surface area contributed by atoms with E-state index in [-0.39, 0.29) is 6.10 Å². The highest BCUT2D eigenvalue weighted by molar-refractivity contribution is 5.78. The van der Waals surface area contributed by atoms with Crippen LogP contribution in [0.1, 0.15) is 40.5 Å². The van der Waals surface area contributed by atoms with Gasteiger partial charge in [-0.25, -0.2) is 0 Å². The van der Waals surface area contributed by atoms with Crippen LogP contribution in [0.3, 0.4) is 0 Å². The van der Waals surface area contributed by atoms with Crippen LogP contribution in [0.5, 0.6) is 0 Å². The summed E-state index contributed by atoms with van der Waals surface area (Å²) in [6.07, 6.45) is 1.56. The van der Waals surface area contributed by atoms with Crippen molar-refractivity contribution in [2.75, 3.05) is 13.2 Å². The van der Waals surface area contributed by atoms with Crippen LogP contribution >= 0.6 is 0 Å². The zero-order valence-corrected chi connectivity index (χ0v) is 10.2. The van der Waals surface area contributed by atoms with Crippen molar-refractivity contribution in [2.24, 2.45) is 0 Å². The molecule has 0 fully saturated rings. The molecule has 0 aromatic carbocycles. The monoisotopic (exact) mass is 217 g/mol. The van der Waals surface area contributed by atoms with Crippen molar-refractivity contribution in [3.8, 4) is 0 Å². The molecule has 0 radical (unpaired) electrons. The standard InChI is InChI=1S/C11H23NO3/c1-5-7-12-11(4,10(13)14)6-8-15-9(2)3/h9,12H,5-8H2,1-4H3,(H,13,14). The van der Waals surface area contributed by atoms with Crippen LogP contribution in [-0.4, -0.2) is 35.9 Å². The van der Waals surface area contributed by atoms with E-state index >= 15 is 0 Å². The number of carboxylic acids is 1. The summed E-state index contributed by atoms with van der Waals surface area (Å²) in [5.41, 5.74) is -0.870. The van der Waals surface area contributed by atoms with E-state index in [4.69, 9.17) is 9.84 Å². The maximum absolute atomic E-state index is 11.1. The summed E-state index contributed by atoms with van der Waals surface area (Å²) in [7, 11) is 0. The summed E-state index contributed by atoms with van der Waals surface area (Å²) >= 11 is 0. The Bertz CT molecular complexity index is 194. The van der Waals surface area contributed by atoms with Crippen molar-refractivity contribution in [1.29, 1.82) is 0 Å². The van der Waals surface area contributed by atoms with Crippen LogP contribution in [0, 0.1) is 0 Å². The molecule has 4 nitrogen and oxygen atoms in total. The number of hydrogen-bond acceptors (Lipinski definition) is 3. The molecule has 2 N–H and O–H groups in total. The van der Waals surface area contributed by atoms with Gasteiger partial charge in [-0.1, -0.05) is 6.92 Å². The number of nitrogens with one attached hydrogen (secondary N) is 1. The van der Waals surface area contributed by atoms with Crippen LogP contribution in [0.25, 0.3) is 0 Å². The molecule has 0 bridgehead atoms. The zero-order chi connectivity index (χ0) is 11.9. The van der Waals surface area contributed by atoms with Gasteiger partial charge in [-0.05, 0) is 40.2 Å². The lowest BCUT2D eigenvalue weighted by molar-refractivity contribution is -0.145. The molecule has 0 rings (SSSR count). The van der Waals surface area contributed by atoms with Gasteiger partial charge in [0.05, 0.1) is 6.10 Å². The number of carbonyl (C=O) groups is 1. The molecule has 15 heavy (non-hydrogen) atoms. The first-order chi connectivity index (χ1) is 6.92. The molecule has 4 heteroatoms. The van der Waals surface area contributed by atoms with Crippen LogP contribution in [0.4, 0.5) is 0 Å². The number of rotatable bonds is 8. The van der Waals surface area contributed by atoms with E-state index in [9.17, 15) is 4.79 Å². The number of ether oxygens (including phenoxy) is 1. The van der Waals surface area contributed by atoms with Crippen molar-refractivity contribution in [2.45, 2.75) is 52.2 Å². The summed E-state index contributed by atoms with van der Waals surface area (Å²) in [6.45, 7) is 8.78. The topological polar surface area (TPSA) is 58.6 Å². The summed E-state index contributed by atoms with van der Waals surface area (Å²) < 4.78 is 5.36. The summed E-state index contributed by atoms with van der Waals surface area (Å²) in [6, 6.07) is 0. The lowest BCUT2D eigenvalue weighted by atomic mass is 9.98. The smallest absolute Gasteiger partial charge is 0.323 e. The zero-order valence-electron chi connectivity index (χ0n) is 10.2. The first-order valence-corrected chi connectivity index (χ1v) is 5.52. The number of carboxylic acid groups (broad SMARTS) is 1. The molecule has 0 aliphatic rings.